The van der Waals surface area contributed by atoms with E-state index in [0.29, 0.717) is 30.2 Å². The van der Waals surface area contributed by atoms with Gasteiger partial charge in [-0.05, 0) is 48.9 Å². The van der Waals surface area contributed by atoms with Crippen molar-refractivity contribution in [2.24, 2.45) is 0 Å². The highest BCUT2D eigenvalue weighted by Crippen LogP contribution is 2.55. The lowest BCUT2D eigenvalue weighted by atomic mass is 10.0. The van der Waals surface area contributed by atoms with E-state index in [1.54, 1.807) is 53.3 Å². The molecule has 0 bridgehead atoms. The van der Waals surface area contributed by atoms with E-state index in [9.17, 15) is 14.0 Å². The summed E-state index contributed by atoms with van der Waals surface area (Å²) in [6.45, 7) is 2.75. The molecule has 0 aliphatic carbocycles. The smallest absolute Gasteiger partial charge is 0.268 e. The van der Waals surface area contributed by atoms with Crippen LogP contribution in [0.25, 0.3) is 0 Å². The number of carbonyl (C=O) groups excluding carboxylic acids is 2. The number of hydrogen-bond acceptors (Lipinski definition) is 4. The van der Waals surface area contributed by atoms with Gasteiger partial charge in [0.1, 0.15) is 11.6 Å². The summed E-state index contributed by atoms with van der Waals surface area (Å²) in [4.78, 5) is 30.0. The maximum atomic E-state index is 14.1. The lowest BCUT2D eigenvalue weighted by Gasteiger charge is -2.33. The van der Waals surface area contributed by atoms with Crippen molar-refractivity contribution in [1.82, 2.24) is 4.90 Å². The first-order chi connectivity index (χ1) is 15.9. The number of methoxy groups -OCH3 is 1. The second-order valence-corrected chi connectivity index (χ2v) is 9.51. The third-order valence-electron chi connectivity index (χ3n) is 6.16. The number of fused-ring (bicyclic) bond motifs is 2. The molecule has 0 radical (unpaired) electrons. The van der Waals surface area contributed by atoms with Gasteiger partial charge in [0.2, 0.25) is 0 Å². The van der Waals surface area contributed by atoms with Crippen molar-refractivity contribution in [3.8, 4) is 5.75 Å². The molecular formula is C26H23FN2O3S. The maximum absolute atomic E-state index is 14.1. The molecule has 2 aliphatic rings. The number of benzene rings is 3. The number of ether oxygens (including phenoxy) is 1. The van der Waals surface area contributed by atoms with Crippen LogP contribution in [-0.2, 0) is 16.2 Å². The van der Waals surface area contributed by atoms with Crippen molar-refractivity contribution in [2.45, 2.75) is 18.3 Å². The van der Waals surface area contributed by atoms with Crippen molar-refractivity contribution >= 4 is 29.3 Å². The van der Waals surface area contributed by atoms with Crippen LogP contribution in [0.4, 0.5) is 10.1 Å². The summed E-state index contributed by atoms with van der Waals surface area (Å²) < 4.78 is 18.7. The van der Waals surface area contributed by atoms with E-state index in [1.807, 2.05) is 25.1 Å². The summed E-state index contributed by atoms with van der Waals surface area (Å²) in [7, 11) is 1.56. The summed E-state index contributed by atoms with van der Waals surface area (Å²) in [5.74, 6) is 0.572. The molecule has 5 rings (SSSR count). The second kappa shape index (κ2) is 8.23. The van der Waals surface area contributed by atoms with Gasteiger partial charge in [-0.15, -0.1) is 11.8 Å². The second-order valence-electron chi connectivity index (χ2n) is 8.22. The van der Waals surface area contributed by atoms with E-state index < -0.39 is 4.87 Å². The molecule has 168 valence electrons. The average molecular weight is 463 g/mol. The Kier molecular flexibility index (Phi) is 5.37. The number of carbonyl (C=O) groups is 2. The minimum absolute atomic E-state index is 0.147. The lowest BCUT2D eigenvalue weighted by molar-refractivity contribution is -0.123. The van der Waals surface area contributed by atoms with Crippen LogP contribution in [0.3, 0.4) is 0 Å². The molecule has 2 amide bonds. The van der Waals surface area contributed by atoms with Crippen molar-refractivity contribution in [3.05, 3.63) is 94.8 Å². The molecule has 1 fully saturated rings. The molecular weight excluding hydrogens is 439 g/mol. The van der Waals surface area contributed by atoms with Gasteiger partial charge in [-0.1, -0.05) is 35.9 Å². The Labute approximate surface area is 196 Å². The van der Waals surface area contributed by atoms with Gasteiger partial charge >= 0.3 is 0 Å². The van der Waals surface area contributed by atoms with Crippen molar-refractivity contribution in [1.29, 1.82) is 0 Å². The molecule has 1 spiro atoms. The third kappa shape index (κ3) is 3.47. The van der Waals surface area contributed by atoms with Gasteiger partial charge in [0, 0.05) is 23.4 Å². The number of thioether (sulfide) groups is 1. The van der Waals surface area contributed by atoms with E-state index in [0.717, 1.165) is 22.4 Å². The molecule has 1 saturated heterocycles. The zero-order valence-electron chi connectivity index (χ0n) is 18.4. The van der Waals surface area contributed by atoms with Gasteiger partial charge in [-0.25, -0.2) is 4.39 Å². The number of anilines is 1. The normalized spacial score (nSPS) is 19.3. The van der Waals surface area contributed by atoms with Crippen molar-refractivity contribution in [2.75, 3.05) is 24.3 Å². The van der Waals surface area contributed by atoms with Crippen LogP contribution in [0.15, 0.2) is 66.7 Å². The minimum atomic E-state index is -1.12. The van der Waals surface area contributed by atoms with Crippen LogP contribution >= 0.6 is 11.8 Å². The molecule has 2 aliphatic heterocycles. The number of rotatable bonds is 4. The Bertz CT molecular complexity index is 1250. The Morgan fingerprint density at radius 2 is 1.91 bits per heavy atom. The summed E-state index contributed by atoms with van der Waals surface area (Å²) in [6, 6.07) is 19.1. The Morgan fingerprint density at radius 3 is 2.67 bits per heavy atom. The number of hydrogen-bond donors (Lipinski definition) is 0. The van der Waals surface area contributed by atoms with Gasteiger partial charge in [0.25, 0.3) is 11.8 Å². The van der Waals surface area contributed by atoms with Gasteiger partial charge < -0.3 is 14.5 Å². The lowest BCUT2D eigenvalue weighted by Crippen LogP contribution is -2.50. The van der Waals surface area contributed by atoms with E-state index in [4.69, 9.17) is 4.74 Å². The highest BCUT2D eigenvalue weighted by molar-refractivity contribution is 8.01. The fourth-order valence-electron chi connectivity index (χ4n) is 4.57. The quantitative estimate of drug-likeness (QED) is 0.563. The first-order valence-corrected chi connectivity index (χ1v) is 11.7. The fourth-order valence-corrected chi connectivity index (χ4v) is 6.02. The van der Waals surface area contributed by atoms with Gasteiger partial charge in [-0.3, -0.25) is 9.59 Å². The van der Waals surface area contributed by atoms with Crippen LogP contribution < -0.4 is 9.64 Å². The highest BCUT2D eigenvalue weighted by Gasteiger charge is 2.59. The molecule has 2 heterocycles. The minimum Gasteiger partial charge on any atom is -0.497 e. The first-order valence-electron chi connectivity index (χ1n) is 10.7. The third-order valence-corrected chi connectivity index (χ3v) is 7.58. The highest BCUT2D eigenvalue weighted by atomic mass is 32.2. The van der Waals surface area contributed by atoms with Gasteiger partial charge in [-0.2, -0.15) is 0 Å². The Balaban J connectivity index is 1.58. The van der Waals surface area contributed by atoms with Crippen molar-refractivity contribution < 1.29 is 18.7 Å². The Morgan fingerprint density at radius 1 is 1.12 bits per heavy atom. The van der Waals surface area contributed by atoms with Gasteiger partial charge in [0.05, 0.1) is 19.3 Å². The maximum Gasteiger partial charge on any atom is 0.268 e. The molecule has 0 aromatic heterocycles. The predicted octanol–water partition coefficient (Wildman–Crippen LogP) is 4.73. The van der Waals surface area contributed by atoms with E-state index in [1.165, 1.54) is 23.9 Å². The van der Waals surface area contributed by atoms with Gasteiger partial charge in [0.15, 0.2) is 4.87 Å². The molecule has 33 heavy (non-hydrogen) atoms. The molecule has 0 saturated carbocycles. The van der Waals surface area contributed by atoms with E-state index >= 15 is 0 Å². The standard InChI is InChI=1S/C26H23FN2O3S/c1-17-6-11-23-22(14-17)26(25(31)28(23)16-18-7-9-20(27)10-8-18)29(12-13-33-26)24(30)19-4-3-5-21(15-19)32-2/h3-11,14-15H,12-13,16H2,1-2H3/t26-/m1/s1. The van der Waals surface area contributed by atoms with Crippen LogP contribution in [0.1, 0.15) is 27.0 Å². The van der Waals surface area contributed by atoms with Crippen LogP contribution in [0, 0.1) is 12.7 Å². The molecule has 0 N–H and O–H groups in total. The predicted molar refractivity (Wildman–Crippen MR) is 127 cm³/mol. The molecule has 3 aromatic carbocycles. The molecule has 1 atom stereocenters. The SMILES string of the molecule is COc1cccc(C(=O)N2CCS[C@]23C(=O)N(Cc2ccc(F)cc2)c2ccc(C)cc23)c1. The molecule has 0 unspecified atom stereocenters. The number of halogens is 1. The zero-order chi connectivity index (χ0) is 23.2. The van der Waals surface area contributed by atoms with E-state index in [-0.39, 0.29) is 17.6 Å². The molecule has 7 heteroatoms. The summed E-state index contributed by atoms with van der Waals surface area (Å²) in [5.41, 5.74) is 3.93. The average Bonchev–Trinajstić information content (AvgIpc) is 3.37. The van der Waals surface area contributed by atoms with Crippen LogP contribution in [0.2, 0.25) is 0 Å². The zero-order valence-corrected chi connectivity index (χ0v) is 19.2. The molecule has 3 aromatic rings. The Hall–Kier alpha value is -3.32. The summed E-state index contributed by atoms with van der Waals surface area (Å²) in [5, 5.41) is 0. The molecule has 5 nitrogen and oxygen atoms in total. The number of amides is 2. The van der Waals surface area contributed by atoms with Crippen LogP contribution in [-0.4, -0.2) is 36.1 Å². The van der Waals surface area contributed by atoms with Crippen LogP contribution in [0.5, 0.6) is 5.75 Å². The van der Waals surface area contributed by atoms with Crippen molar-refractivity contribution in [3.63, 3.8) is 0 Å². The van der Waals surface area contributed by atoms with E-state index in [2.05, 4.69) is 0 Å². The summed E-state index contributed by atoms with van der Waals surface area (Å²) >= 11 is 1.49. The largest absolute Gasteiger partial charge is 0.497 e. The number of nitrogens with zero attached hydrogens (tertiary/aromatic N) is 2. The number of aryl methyl sites for hydroxylation is 1. The first kappa shape index (κ1) is 21.5. The topological polar surface area (TPSA) is 49.9 Å². The fraction of sp³-hybridized carbons (Fsp3) is 0.231. The summed E-state index contributed by atoms with van der Waals surface area (Å²) in [6.07, 6.45) is 0. The monoisotopic (exact) mass is 462 g/mol.